The number of anilines is 1. The van der Waals surface area contributed by atoms with Gasteiger partial charge in [0.2, 0.25) is 0 Å². The molecule has 6 nitrogen and oxygen atoms in total. The monoisotopic (exact) mass is 293 g/mol. The number of piperazine rings is 1. The number of likely N-dealkylation sites (N-methyl/N-ethyl adjacent to an activating group) is 1. The maximum absolute atomic E-state index is 5.10. The Balaban J connectivity index is 1.87. The van der Waals surface area contributed by atoms with Gasteiger partial charge in [0, 0.05) is 57.6 Å². The fourth-order valence-electron chi connectivity index (χ4n) is 2.56. The van der Waals surface area contributed by atoms with Crippen LogP contribution in [0.15, 0.2) is 6.07 Å². The summed E-state index contributed by atoms with van der Waals surface area (Å²) in [6.07, 6.45) is 0. The lowest BCUT2D eigenvalue weighted by atomic mass is 10.2. The van der Waals surface area contributed by atoms with Gasteiger partial charge in [0.05, 0.1) is 0 Å². The molecule has 1 aromatic rings. The van der Waals surface area contributed by atoms with Crippen LogP contribution in [0.4, 0.5) is 5.82 Å². The highest BCUT2D eigenvalue weighted by molar-refractivity contribution is 5.35. The largest absolute Gasteiger partial charge is 0.377 e. The number of nitrogens with one attached hydrogen (secondary N) is 1. The van der Waals surface area contributed by atoms with Crippen molar-refractivity contribution in [2.24, 2.45) is 0 Å². The SMILES string of the molecule is COCc1nc(C)cc(NCC(C)N2CCN(C)CC2)n1. The van der Waals surface area contributed by atoms with Gasteiger partial charge in [-0.15, -0.1) is 0 Å². The lowest BCUT2D eigenvalue weighted by Crippen LogP contribution is -2.49. The zero-order chi connectivity index (χ0) is 15.2. The van der Waals surface area contributed by atoms with E-state index in [-0.39, 0.29) is 0 Å². The zero-order valence-corrected chi connectivity index (χ0v) is 13.6. The van der Waals surface area contributed by atoms with Crippen LogP contribution in [0.1, 0.15) is 18.4 Å². The number of hydrogen-bond donors (Lipinski definition) is 1. The quantitative estimate of drug-likeness (QED) is 0.844. The molecule has 0 bridgehead atoms. The van der Waals surface area contributed by atoms with Gasteiger partial charge in [0.15, 0.2) is 5.82 Å². The summed E-state index contributed by atoms with van der Waals surface area (Å²) in [5.41, 5.74) is 0.965. The molecule has 1 N–H and O–H groups in total. The number of rotatable bonds is 6. The molecule has 1 aliphatic heterocycles. The van der Waals surface area contributed by atoms with Gasteiger partial charge in [0.1, 0.15) is 12.4 Å². The number of nitrogens with zero attached hydrogens (tertiary/aromatic N) is 4. The molecule has 0 amide bonds. The third-order valence-corrected chi connectivity index (χ3v) is 3.91. The van der Waals surface area contributed by atoms with Gasteiger partial charge in [-0.3, -0.25) is 4.90 Å². The highest BCUT2D eigenvalue weighted by atomic mass is 16.5. The van der Waals surface area contributed by atoms with E-state index >= 15 is 0 Å². The molecular formula is C15H27N5O. The van der Waals surface area contributed by atoms with Crippen molar-refractivity contribution in [3.8, 4) is 0 Å². The molecule has 118 valence electrons. The van der Waals surface area contributed by atoms with Crippen molar-refractivity contribution in [2.45, 2.75) is 26.5 Å². The first-order valence-corrected chi connectivity index (χ1v) is 7.58. The van der Waals surface area contributed by atoms with Crippen molar-refractivity contribution >= 4 is 5.82 Å². The van der Waals surface area contributed by atoms with Crippen molar-refractivity contribution in [1.29, 1.82) is 0 Å². The minimum atomic E-state index is 0.449. The molecule has 6 heteroatoms. The lowest BCUT2D eigenvalue weighted by molar-refractivity contribution is 0.123. The summed E-state index contributed by atoms with van der Waals surface area (Å²) in [7, 11) is 3.84. The number of aromatic nitrogens is 2. The van der Waals surface area contributed by atoms with Crippen LogP contribution in [0.2, 0.25) is 0 Å². The van der Waals surface area contributed by atoms with Gasteiger partial charge < -0.3 is 15.0 Å². The van der Waals surface area contributed by atoms with E-state index in [1.807, 2.05) is 13.0 Å². The molecular weight excluding hydrogens is 266 g/mol. The molecule has 21 heavy (non-hydrogen) atoms. The van der Waals surface area contributed by atoms with E-state index in [0.29, 0.717) is 12.6 Å². The Bertz CT molecular complexity index is 446. The Hall–Kier alpha value is -1.24. The summed E-state index contributed by atoms with van der Waals surface area (Å²) in [5, 5.41) is 3.43. The maximum Gasteiger partial charge on any atom is 0.156 e. The molecule has 0 aromatic carbocycles. The molecule has 1 saturated heterocycles. The van der Waals surface area contributed by atoms with Gasteiger partial charge in [-0.25, -0.2) is 9.97 Å². The third kappa shape index (κ3) is 4.91. The van der Waals surface area contributed by atoms with E-state index in [1.54, 1.807) is 7.11 Å². The first-order chi connectivity index (χ1) is 10.1. The number of aryl methyl sites for hydroxylation is 1. The molecule has 1 aromatic heterocycles. The predicted molar refractivity (Wildman–Crippen MR) is 84.5 cm³/mol. The Morgan fingerprint density at radius 1 is 1.29 bits per heavy atom. The number of hydrogen-bond acceptors (Lipinski definition) is 6. The molecule has 1 atom stereocenters. The van der Waals surface area contributed by atoms with Crippen LogP contribution in [-0.4, -0.2) is 72.7 Å². The second-order valence-electron chi connectivity index (χ2n) is 5.81. The summed E-state index contributed by atoms with van der Waals surface area (Å²) in [6, 6.07) is 2.48. The topological polar surface area (TPSA) is 53.5 Å². The van der Waals surface area contributed by atoms with Crippen LogP contribution in [0, 0.1) is 6.92 Å². The summed E-state index contributed by atoms with van der Waals surface area (Å²) in [5.74, 6) is 1.61. The van der Waals surface area contributed by atoms with E-state index in [0.717, 1.165) is 50.1 Å². The van der Waals surface area contributed by atoms with Gasteiger partial charge in [-0.2, -0.15) is 0 Å². The minimum absolute atomic E-state index is 0.449. The summed E-state index contributed by atoms with van der Waals surface area (Å²) in [6.45, 7) is 10.2. The van der Waals surface area contributed by atoms with Crippen molar-refractivity contribution < 1.29 is 4.74 Å². The van der Waals surface area contributed by atoms with E-state index in [9.17, 15) is 0 Å². The van der Waals surface area contributed by atoms with Crippen molar-refractivity contribution in [3.63, 3.8) is 0 Å². The first kappa shape index (κ1) is 16.1. The van der Waals surface area contributed by atoms with E-state index in [1.165, 1.54) is 0 Å². The van der Waals surface area contributed by atoms with E-state index in [4.69, 9.17) is 4.74 Å². The molecule has 2 heterocycles. The Morgan fingerprint density at radius 2 is 2.00 bits per heavy atom. The van der Waals surface area contributed by atoms with Crippen LogP contribution < -0.4 is 5.32 Å². The molecule has 1 fully saturated rings. The Morgan fingerprint density at radius 3 is 2.67 bits per heavy atom. The summed E-state index contributed by atoms with van der Waals surface area (Å²) in [4.78, 5) is 13.7. The van der Waals surface area contributed by atoms with E-state index < -0.39 is 0 Å². The molecule has 0 saturated carbocycles. The van der Waals surface area contributed by atoms with Crippen LogP contribution in [-0.2, 0) is 11.3 Å². The number of methoxy groups -OCH3 is 1. The lowest BCUT2D eigenvalue weighted by Gasteiger charge is -2.36. The Kier molecular flexibility index (Phi) is 5.90. The zero-order valence-electron chi connectivity index (χ0n) is 13.6. The van der Waals surface area contributed by atoms with Crippen molar-refractivity contribution in [2.75, 3.05) is 52.2 Å². The van der Waals surface area contributed by atoms with Crippen LogP contribution in [0.3, 0.4) is 0 Å². The average Bonchev–Trinajstić information content (AvgIpc) is 2.45. The third-order valence-electron chi connectivity index (χ3n) is 3.91. The molecule has 2 rings (SSSR count). The minimum Gasteiger partial charge on any atom is -0.377 e. The second-order valence-corrected chi connectivity index (χ2v) is 5.81. The first-order valence-electron chi connectivity index (χ1n) is 7.58. The maximum atomic E-state index is 5.10. The predicted octanol–water partition coefficient (Wildman–Crippen LogP) is 0.979. The van der Waals surface area contributed by atoms with Crippen LogP contribution in [0.5, 0.6) is 0 Å². The van der Waals surface area contributed by atoms with Gasteiger partial charge >= 0.3 is 0 Å². The summed E-state index contributed by atoms with van der Waals surface area (Å²) < 4.78 is 5.10. The average molecular weight is 293 g/mol. The smallest absolute Gasteiger partial charge is 0.156 e. The second kappa shape index (κ2) is 7.68. The fraction of sp³-hybridized carbons (Fsp3) is 0.733. The van der Waals surface area contributed by atoms with E-state index in [2.05, 4.69) is 39.1 Å². The molecule has 1 unspecified atom stereocenters. The molecule has 0 aliphatic carbocycles. The summed E-state index contributed by atoms with van der Waals surface area (Å²) >= 11 is 0. The highest BCUT2D eigenvalue weighted by Crippen LogP contribution is 2.09. The van der Waals surface area contributed by atoms with Gasteiger partial charge in [-0.05, 0) is 20.9 Å². The van der Waals surface area contributed by atoms with Crippen molar-refractivity contribution in [1.82, 2.24) is 19.8 Å². The molecule has 1 aliphatic rings. The van der Waals surface area contributed by atoms with Crippen molar-refractivity contribution in [3.05, 3.63) is 17.6 Å². The fourth-order valence-corrected chi connectivity index (χ4v) is 2.56. The van der Waals surface area contributed by atoms with Crippen LogP contribution in [0.25, 0.3) is 0 Å². The normalized spacial score (nSPS) is 18.7. The number of ether oxygens (including phenoxy) is 1. The standard InChI is InChI=1S/C15H27N5O/c1-12-9-14(18-15(17-12)11-21-4)16-10-13(2)20-7-5-19(3)6-8-20/h9,13H,5-8,10-11H2,1-4H3,(H,16,17,18). The van der Waals surface area contributed by atoms with Gasteiger partial charge in [-0.1, -0.05) is 0 Å². The molecule has 0 radical (unpaired) electrons. The van der Waals surface area contributed by atoms with Gasteiger partial charge in [0.25, 0.3) is 0 Å². The highest BCUT2D eigenvalue weighted by Gasteiger charge is 2.18. The molecule has 0 spiro atoms. The van der Waals surface area contributed by atoms with Crippen LogP contribution >= 0.6 is 0 Å². The Labute approximate surface area is 127 Å².